The number of anilines is 3. The van der Waals surface area contributed by atoms with Gasteiger partial charge in [0.2, 0.25) is 0 Å². The predicted octanol–water partition coefficient (Wildman–Crippen LogP) is 14.8. The number of thiophene rings is 1. The first-order valence-corrected chi connectivity index (χ1v) is 18.6. The van der Waals surface area contributed by atoms with Crippen LogP contribution in [-0.2, 0) is 0 Å². The first-order valence-electron chi connectivity index (χ1n) is 17.8. The Morgan fingerprint density at radius 2 is 0.865 bits per heavy atom. The summed E-state index contributed by atoms with van der Waals surface area (Å²) in [6.45, 7) is 0. The Bertz CT molecular complexity index is 2870. The standard InChI is InChI=1S/C50H33NS/c1-3-11-34(12-4-1)35-21-25-41(26-22-35)51(48-30-29-43(37-13-5-2-6-14-37)44-15-7-8-16-45(44)48)42-27-23-36(24-28-42)38-19-20-39-32-47-46-17-9-10-18-49(46)52-50(47)33-40(39)31-38/h1-33H. The number of nitrogens with zero attached hydrogens (tertiary/aromatic N) is 1. The molecule has 1 nitrogen and oxygen atoms in total. The zero-order valence-electron chi connectivity index (χ0n) is 28.4. The molecule has 0 aliphatic rings. The quantitative estimate of drug-likeness (QED) is 0.169. The van der Waals surface area contributed by atoms with Crippen LogP contribution in [0.2, 0.25) is 0 Å². The van der Waals surface area contributed by atoms with E-state index in [0.29, 0.717) is 0 Å². The van der Waals surface area contributed by atoms with E-state index in [9.17, 15) is 0 Å². The molecule has 9 aromatic carbocycles. The van der Waals surface area contributed by atoms with Crippen LogP contribution in [0.3, 0.4) is 0 Å². The third-order valence-corrected chi connectivity index (χ3v) is 11.4. The molecule has 0 bridgehead atoms. The van der Waals surface area contributed by atoms with Crippen LogP contribution in [0.5, 0.6) is 0 Å². The molecule has 0 unspecified atom stereocenters. The minimum absolute atomic E-state index is 1.11. The van der Waals surface area contributed by atoms with Crippen LogP contribution in [0.15, 0.2) is 200 Å². The van der Waals surface area contributed by atoms with Crippen molar-refractivity contribution in [1.29, 1.82) is 0 Å². The van der Waals surface area contributed by atoms with E-state index in [0.717, 1.165) is 17.1 Å². The maximum absolute atomic E-state index is 2.40. The summed E-state index contributed by atoms with van der Waals surface area (Å²) in [6.07, 6.45) is 0. The molecule has 10 aromatic rings. The normalized spacial score (nSPS) is 11.5. The summed E-state index contributed by atoms with van der Waals surface area (Å²) in [5.74, 6) is 0. The van der Waals surface area contributed by atoms with Gasteiger partial charge in [0.25, 0.3) is 0 Å². The largest absolute Gasteiger partial charge is 0.310 e. The second-order valence-corrected chi connectivity index (χ2v) is 14.4. The lowest BCUT2D eigenvalue weighted by molar-refractivity contribution is 1.30. The van der Waals surface area contributed by atoms with E-state index < -0.39 is 0 Å². The number of rotatable bonds is 6. The molecule has 0 saturated carbocycles. The third kappa shape index (κ3) is 5.33. The molecule has 1 aromatic heterocycles. The van der Waals surface area contributed by atoms with Crippen molar-refractivity contribution in [3.8, 4) is 33.4 Å². The Balaban J connectivity index is 1.08. The van der Waals surface area contributed by atoms with Crippen molar-refractivity contribution in [2.75, 3.05) is 4.90 Å². The fraction of sp³-hybridized carbons (Fsp3) is 0. The van der Waals surface area contributed by atoms with Crippen molar-refractivity contribution in [2.24, 2.45) is 0 Å². The van der Waals surface area contributed by atoms with Gasteiger partial charge in [0.1, 0.15) is 0 Å². The molecule has 2 heteroatoms. The van der Waals surface area contributed by atoms with Gasteiger partial charge in [0.15, 0.2) is 0 Å². The highest BCUT2D eigenvalue weighted by atomic mass is 32.1. The maximum atomic E-state index is 2.40. The summed E-state index contributed by atoms with van der Waals surface area (Å²) < 4.78 is 2.67. The van der Waals surface area contributed by atoms with Crippen LogP contribution < -0.4 is 4.90 Å². The van der Waals surface area contributed by atoms with Gasteiger partial charge in [0.05, 0.1) is 5.69 Å². The molecule has 0 amide bonds. The zero-order valence-corrected chi connectivity index (χ0v) is 29.2. The van der Waals surface area contributed by atoms with Gasteiger partial charge in [-0.3, -0.25) is 0 Å². The molecule has 0 spiro atoms. The third-order valence-electron chi connectivity index (χ3n) is 10.3. The molecule has 0 atom stereocenters. The molecule has 52 heavy (non-hydrogen) atoms. The van der Waals surface area contributed by atoms with Crippen LogP contribution in [0.25, 0.3) is 75.1 Å². The molecule has 0 N–H and O–H groups in total. The summed E-state index contributed by atoms with van der Waals surface area (Å²) in [5.41, 5.74) is 10.7. The first-order chi connectivity index (χ1) is 25.8. The zero-order chi connectivity index (χ0) is 34.4. The molecule has 0 aliphatic carbocycles. The molecule has 0 saturated heterocycles. The summed E-state index contributed by atoms with van der Waals surface area (Å²) >= 11 is 1.87. The Hall–Kier alpha value is -6.48. The lowest BCUT2D eigenvalue weighted by Gasteiger charge is -2.28. The van der Waals surface area contributed by atoms with Crippen molar-refractivity contribution in [1.82, 2.24) is 0 Å². The molecule has 0 radical (unpaired) electrons. The highest BCUT2D eigenvalue weighted by Crippen LogP contribution is 2.43. The Morgan fingerprint density at radius 1 is 0.308 bits per heavy atom. The molecule has 0 fully saturated rings. The van der Waals surface area contributed by atoms with Crippen molar-refractivity contribution < 1.29 is 0 Å². The van der Waals surface area contributed by atoms with Crippen molar-refractivity contribution in [2.45, 2.75) is 0 Å². The molecular weight excluding hydrogens is 647 g/mol. The van der Waals surface area contributed by atoms with Gasteiger partial charge in [-0.05, 0) is 104 Å². The number of fused-ring (bicyclic) bond motifs is 5. The molecule has 0 aliphatic heterocycles. The van der Waals surface area contributed by atoms with E-state index in [2.05, 4.69) is 205 Å². The topological polar surface area (TPSA) is 3.24 Å². The molecule has 244 valence electrons. The number of benzene rings is 9. The summed E-state index contributed by atoms with van der Waals surface area (Å²) in [5, 5.41) is 7.66. The number of hydrogen-bond donors (Lipinski definition) is 0. The molecular formula is C50H33NS. The van der Waals surface area contributed by atoms with Crippen LogP contribution in [-0.4, -0.2) is 0 Å². The fourth-order valence-electron chi connectivity index (χ4n) is 7.66. The molecule has 1 heterocycles. The highest BCUT2D eigenvalue weighted by molar-refractivity contribution is 7.25. The van der Waals surface area contributed by atoms with E-state index in [4.69, 9.17) is 0 Å². The Kier molecular flexibility index (Phi) is 7.41. The van der Waals surface area contributed by atoms with E-state index in [1.165, 1.54) is 75.1 Å². The van der Waals surface area contributed by atoms with Crippen molar-refractivity contribution in [3.63, 3.8) is 0 Å². The lowest BCUT2D eigenvalue weighted by Crippen LogP contribution is -2.10. The SMILES string of the molecule is c1ccc(-c2ccc(N(c3ccc(-c4ccc5cc6c(cc5c4)sc4ccccc46)cc3)c3ccc(-c4ccccc4)c4ccccc34)cc2)cc1. The van der Waals surface area contributed by atoms with Gasteiger partial charge in [-0.25, -0.2) is 0 Å². The first kappa shape index (κ1) is 30.4. The van der Waals surface area contributed by atoms with Gasteiger partial charge in [-0.1, -0.05) is 146 Å². The van der Waals surface area contributed by atoms with Crippen LogP contribution in [0, 0.1) is 0 Å². The minimum atomic E-state index is 1.11. The van der Waals surface area contributed by atoms with E-state index in [1.54, 1.807) is 0 Å². The predicted molar refractivity (Wildman–Crippen MR) is 225 cm³/mol. The second-order valence-electron chi connectivity index (χ2n) is 13.3. The minimum Gasteiger partial charge on any atom is -0.310 e. The van der Waals surface area contributed by atoms with Gasteiger partial charge < -0.3 is 4.90 Å². The van der Waals surface area contributed by atoms with Crippen molar-refractivity contribution >= 4 is 70.1 Å². The summed E-state index contributed by atoms with van der Waals surface area (Å²) in [4.78, 5) is 2.40. The average Bonchev–Trinajstić information content (AvgIpc) is 3.58. The van der Waals surface area contributed by atoms with Gasteiger partial charge in [-0.15, -0.1) is 11.3 Å². The van der Waals surface area contributed by atoms with Gasteiger partial charge in [-0.2, -0.15) is 0 Å². The second kappa shape index (κ2) is 12.7. The van der Waals surface area contributed by atoms with Gasteiger partial charge >= 0.3 is 0 Å². The monoisotopic (exact) mass is 679 g/mol. The van der Waals surface area contributed by atoms with Crippen LogP contribution in [0.4, 0.5) is 17.1 Å². The number of hydrogen-bond acceptors (Lipinski definition) is 2. The maximum Gasteiger partial charge on any atom is 0.0540 e. The molecule has 10 rings (SSSR count). The van der Waals surface area contributed by atoms with E-state index >= 15 is 0 Å². The van der Waals surface area contributed by atoms with E-state index in [1.807, 2.05) is 11.3 Å². The Morgan fingerprint density at radius 3 is 1.58 bits per heavy atom. The Labute approximate surface area is 307 Å². The summed E-state index contributed by atoms with van der Waals surface area (Å²) in [7, 11) is 0. The van der Waals surface area contributed by atoms with Crippen LogP contribution >= 0.6 is 11.3 Å². The summed E-state index contributed by atoms with van der Waals surface area (Å²) in [6, 6.07) is 72.9. The van der Waals surface area contributed by atoms with E-state index in [-0.39, 0.29) is 0 Å². The lowest BCUT2D eigenvalue weighted by atomic mass is 9.96. The van der Waals surface area contributed by atoms with Crippen LogP contribution in [0.1, 0.15) is 0 Å². The average molecular weight is 680 g/mol. The smallest absolute Gasteiger partial charge is 0.0540 e. The fourth-order valence-corrected chi connectivity index (χ4v) is 8.80. The van der Waals surface area contributed by atoms with Crippen molar-refractivity contribution in [3.05, 3.63) is 200 Å². The highest BCUT2D eigenvalue weighted by Gasteiger charge is 2.18. The van der Waals surface area contributed by atoms with Gasteiger partial charge in [0, 0.05) is 36.9 Å².